The Hall–Kier alpha value is -5.52. The van der Waals surface area contributed by atoms with Gasteiger partial charge in [0.25, 0.3) is 11.5 Å². The lowest BCUT2D eigenvalue weighted by molar-refractivity contribution is -0.137. The first-order valence-corrected chi connectivity index (χ1v) is 12.5. The van der Waals surface area contributed by atoms with Gasteiger partial charge in [0.05, 0.1) is 16.6 Å². The van der Waals surface area contributed by atoms with Crippen LogP contribution in [0.1, 0.15) is 15.9 Å². The molecule has 12 heteroatoms. The van der Waals surface area contributed by atoms with Gasteiger partial charge in [-0.25, -0.2) is 14.4 Å². The average Bonchev–Trinajstić information content (AvgIpc) is 3.35. The second-order valence-corrected chi connectivity index (χ2v) is 9.34. The van der Waals surface area contributed by atoms with Gasteiger partial charge in [-0.15, -0.1) is 0 Å². The van der Waals surface area contributed by atoms with E-state index >= 15 is 4.39 Å². The fraction of sp³-hybridized carbons (Fsp3) is 0.0667. The molecule has 0 saturated carbocycles. The zero-order valence-electron chi connectivity index (χ0n) is 21.7. The molecule has 0 radical (unpaired) electrons. The summed E-state index contributed by atoms with van der Waals surface area (Å²) in [4.78, 5) is 35.1. The minimum Gasteiger partial charge on any atom is -0.453 e. The topological polar surface area (TPSA) is 91.0 Å². The summed E-state index contributed by atoms with van der Waals surface area (Å²) in [5.41, 5.74) is -1.62. The molecule has 0 atom stereocenters. The molecule has 6 aromatic rings. The maximum atomic E-state index is 15.0. The quantitative estimate of drug-likeness (QED) is 0.239. The molecule has 0 spiro atoms. The lowest BCUT2D eigenvalue weighted by Gasteiger charge is -2.14. The van der Waals surface area contributed by atoms with Crippen LogP contribution in [0.2, 0.25) is 0 Å². The van der Waals surface area contributed by atoms with Crippen molar-refractivity contribution in [2.45, 2.75) is 6.18 Å². The van der Waals surface area contributed by atoms with E-state index in [-0.39, 0.29) is 28.3 Å². The predicted octanol–water partition coefficient (Wildman–Crippen LogP) is 6.47. The van der Waals surface area contributed by atoms with Crippen molar-refractivity contribution < 1.29 is 27.1 Å². The summed E-state index contributed by atoms with van der Waals surface area (Å²) in [6.45, 7) is 0. The van der Waals surface area contributed by atoms with Crippen LogP contribution in [0.15, 0.2) is 96.2 Å². The molecule has 210 valence electrons. The third-order valence-corrected chi connectivity index (χ3v) is 6.58. The average molecular weight is 574 g/mol. The Balaban J connectivity index is 1.33. The van der Waals surface area contributed by atoms with E-state index in [9.17, 15) is 22.8 Å². The molecule has 42 heavy (non-hydrogen) atoms. The van der Waals surface area contributed by atoms with Gasteiger partial charge >= 0.3 is 6.18 Å². The Morgan fingerprint density at radius 2 is 1.71 bits per heavy atom. The van der Waals surface area contributed by atoms with Crippen molar-refractivity contribution in [2.24, 2.45) is 7.05 Å². The van der Waals surface area contributed by atoms with Crippen LogP contribution in [0.3, 0.4) is 0 Å². The van der Waals surface area contributed by atoms with E-state index in [2.05, 4.69) is 15.3 Å². The molecule has 0 aliphatic heterocycles. The highest BCUT2D eigenvalue weighted by molar-refractivity contribution is 6.05. The van der Waals surface area contributed by atoms with Gasteiger partial charge in [0.1, 0.15) is 22.6 Å². The van der Waals surface area contributed by atoms with Crippen molar-refractivity contribution in [1.29, 1.82) is 0 Å². The fourth-order valence-corrected chi connectivity index (χ4v) is 4.57. The number of carbonyl (C=O) groups is 1. The summed E-state index contributed by atoms with van der Waals surface area (Å²) in [5.74, 6) is -1.39. The summed E-state index contributed by atoms with van der Waals surface area (Å²) in [6, 6.07) is 15.7. The summed E-state index contributed by atoms with van der Waals surface area (Å²) >= 11 is 0. The monoisotopic (exact) mass is 573 g/mol. The molecular formula is C30H19F4N5O3. The molecule has 4 aromatic heterocycles. The van der Waals surface area contributed by atoms with Crippen molar-refractivity contribution in [3.8, 4) is 17.2 Å². The first kappa shape index (κ1) is 26.7. The third-order valence-electron chi connectivity index (χ3n) is 6.58. The Morgan fingerprint density at radius 1 is 0.905 bits per heavy atom. The summed E-state index contributed by atoms with van der Waals surface area (Å²) in [7, 11) is 1.82. The molecule has 1 N–H and O–H groups in total. The van der Waals surface area contributed by atoms with Crippen molar-refractivity contribution >= 4 is 33.7 Å². The van der Waals surface area contributed by atoms with E-state index < -0.39 is 29.0 Å². The molecule has 0 fully saturated rings. The number of pyridine rings is 3. The molecule has 6 rings (SSSR count). The van der Waals surface area contributed by atoms with E-state index in [1.54, 1.807) is 35.0 Å². The number of aromatic nitrogens is 4. The van der Waals surface area contributed by atoms with Crippen molar-refractivity contribution in [2.75, 3.05) is 5.32 Å². The normalized spacial score (nSPS) is 11.6. The number of nitrogens with one attached hydrogen (secondary N) is 1. The molecule has 0 unspecified atom stereocenters. The number of ether oxygens (including phenoxy) is 1. The Kier molecular flexibility index (Phi) is 6.45. The van der Waals surface area contributed by atoms with Crippen LogP contribution in [0, 0.1) is 5.82 Å². The molecule has 0 saturated heterocycles. The standard InChI is InChI=1S/C30H19F4N5O3/c1-38-13-10-21-24(9-12-36-27(21)38)42-25-8-7-19(16-23(25)31)37-28(40)22-14-17-4-3-11-35-26(17)39(29(22)41)20-6-2-5-18(15-20)30(32,33)34/h2-16H,1H3,(H,37,40). The van der Waals surface area contributed by atoms with Gasteiger partial charge < -0.3 is 14.6 Å². The van der Waals surface area contributed by atoms with E-state index in [0.717, 1.165) is 28.8 Å². The second kappa shape index (κ2) is 10.1. The Morgan fingerprint density at radius 3 is 2.50 bits per heavy atom. The van der Waals surface area contributed by atoms with E-state index in [0.29, 0.717) is 22.2 Å². The maximum Gasteiger partial charge on any atom is 0.416 e. The summed E-state index contributed by atoms with van der Waals surface area (Å²) in [6.07, 6.45) is 0.0633. The van der Waals surface area contributed by atoms with Gasteiger partial charge in [0.2, 0.25) is 0 Å². The number of anilines is 1. The van der Waals surface area contributed by atoms with Crippen LogP contribution >= 0.6 is 0 Å². The fourth-order valence-electron chi connectivity index (χ4n) is 4.57. The second-order valence-electron chi connectivity index (χ2n) is 9.34. The van der Waals surface area contributed by atoms with E-state index in [1.165, 1.54) is 36.7 Å². The van der Waals surface area contributed by atoms with Crippen molar-refractivity contribution in [1.82, 2.24) is 19.1 Å². The largest absolute Gasteiger partial charge is 0.453 e. The van der Waals surface area contributed by atoms with Gasteiger partial charge in [-0.1, -0.05) is 6.07 Å². The third kappa shape index (κ3) is 4.83. The van der Waals surface area contributed by atoms with Gasteiger partial charge in [0, 0.05) is 42.8 Å². The number of rotatable bonds is 5. The molecule has 0 aliphatic carbocycles. The number of alkyl halides is 3. The minimum absolute atomic E-state index is 0.0285. The molecule has 0 bridgehead atoms. The number of benzene rings is 2. The number of hydrogen-bond acceptors (Lipinski definition) is 5. The molecule has 2 aromatic carbocycles. The SMILES string of the molecule is Cn1ccc2c(Oc3ccc(NC(=O)c4cc5cccnc5n(-c5cccc(C(F)(F)F)c5)c4=O)cc3F)ccnc21. The number of carbonyl (C=O) groups excluding carboxylic acids is 1. The molecule has 4 heterocycles. The van der Waals surface area contributed by atoms with E-state index in [4.69, 9.17) is 4.74 Å². The number of hydrogen-bond donors (Lipinski definition) is 1. The van der Waals surface area contributed by atoms with Crippen LogP contribution in [-0.2, 0) is 13.2 Å². The first-order chi connectivity index (χ1) is 20.1. The predicted molar refractivity (Wildman–Crippen MR) is 147 cm³/mol. The van der Waals surface area contributed by atoms with Crippen LogP contribution < -0.4 is 15.6 Å². The highest BCUT2D eigenvalue weighted by Gasteiger charge is 2.31. The van der Waals surface area contributed by atoms with Crippen LogP contribution in [0.5, 0.6) is 11.5 Å². The zero-order valence-corrected chi connectivity index (χ0v) is 21.7. The molecule has 8 nitrogen and oxygen atoms in total. The lowest BCUT2D eigenvalue weighted by atomic mass is 10.1. The summed E-state index contributed by atoms with van der Waals surface area (Å²) < 4.78 is 63.7. The Labute approximate surface area is 234 Å². The Bertz CT molecular complexity index is 2070. The lowest BCUT2D eigenvalue weighted by Crippen LogP contribution is -2.29. The van der Waals surface area contributed by atoms with Gasteiger partial charge in [-0.3, -0.25) is 14.2 Å². The van der Waals surface area contributed by atoms with Gasteiger partial charge in [-0.2, -0.15) is 13.2 Å². The summed E-state index contributed by atoms with van der Waals surface area (Å²) in [5, 5.41) is 3.49. The van der Waals surface area contributed by atoms with Crippen LogP contribution in [0.25, 0.3) is 27.8 Å². The molecule has 1 amide bonds. The first-order valence-electron chi connectivity index (χ1n) is 12.5. The van der Waals surface area contributed by atoms with Gasteiger partial charge in [0.15, 0.2) is 11.6 Å². The highest BCUT2D eigenvalue weighted by atomic mass is 19.4. The number of nitrogens with zero attached hydrogens (tertiary/aromatic N) is 4. The smallest absolute Gasteiger partial charge is 0.416 e. The zero-order chi connectivity index (χ0) is 29.6. The van der Waals surface area contributed by atoms with Crippen molar-refractivity contribution in [3.05, 3.63) is 119 Å². The number of amides is 1. The number of aryl methyl sites for hydroxylation is 1. The van der Waals surface area contributed by atoms with Crippen LogP contribution in [0.4, 0.5) is 23.2 Å². The highest BCUT2D eigenvalue weighted by Crippen LogP contribution is 2.32. The van der Waals surface area contributed by atoms with E-state index in [1.807, 2.05) is 7.05 Å². The number of halogens is 4. The maximum absolute atomic E-state index is 15.0. The van der Waals surface area contributed by atoms with Crippen LogP contribution in [-0.4, -0.2) is 25.0 Å². The molecule has 0 aliphatic rings. The minimum atomic E-state index is -4.65. The van der Waals surface area contributed by atoms with Gasteiger partial charge in [-0.05, 0) is 60.7 Å². The number of fused-ring (bicyclic) bond motifs is 2. The van der Waals surface area contributed by atoms with Crippen molar-refractivity contribution in [3.63, 3.8) is 0 Å². The molecular weight excluding hydrogens is 554 g/mol.